The summed E-state index contributed by atoms with van der Waals surface area (Å²) in [7, 11) is 0. The lowest BCUT2D eigenvalue weighted by Gasteiger charge is -2.29. The zero-order valence-corrected chi connectivity index (χ0v) is 23.0. The number of aromatic nitrogens is 3. The minimum Gasteiger partial charge on any atom is -0.493 e. The van der Waals surface area contributed by atoms with E-state index in [1.165, 1.54) is 0 Å². The Morgan fingerprint density at radius 1 is 1.00 bits per heavy atom. The molecule has 0 fully saturated rings. The van der Waals surface area contributed by atoms with Crippen LogP contribution in [-0.2, 0) is 16.0 Å². The number of rotatable bonds is 6. The molecule has 0 saturated carbocycles. The molecule has 200 valence electrons. The van der Waals surface area contributed by atoms with Crippen molar-refractivity contribution in [1.29, 1.82) is 0 Å². The summed E-state index contributed by atoms with van der Waals surface area (Å²) < 4.78 is 12.0. The standard InChI is InChI=1S/C32H33N3O4/c1-19-27(23-11-12-26-22(17-23)10-7-15-38-26)28(30(31(36)37)39-32(3,4)5)20(2)35-29(19)24-9-6-8-21(16-24)25-13-14-33-34-18-25/h6,8-9,11-14,16-18,30H,7,10,15H2,1-5H3,(H,36,37)/t30-/m0/s1. The smallest absolute Gasteiger partial charge is 0.337 e. The summed E-state index contributed by atoms with van der Waals surface area (Å²) in [6, 6.07) is 16.2. The minimum atomic E-state index is -1.18. The quantitative estimate of drug-likeness (QED) is 0.298. The number of ether oxygens (including phenoxy) is 2. The van der Waals surface area contributed by atoms with Gasteiger partial charge in [0.05, 0.1) is 30.3 Å². The number of nitrogens with zero attached hydrogens (tertiary/aromatic N) is 3. The maximum absolute atomic E-state index is 12.6. The highest BCUT2D eigenvalue weighted by molar-refractivity contribution is 5.86. The van der Waals surface area contributed by atoms with Gasteiger partial charge >= 0.3 is 5.97 Å². The summed E-state index contributed by atoms with van der Waals surface area (Å²) in [5.41, 5.74) is 7.97. The summed E-state index contributed by atoms with van der Waals surface area (Å²) in [5, 5.41) is 18.2. The summed E-state index contributed by atoms with van der Waals surface area (Å²) in [6.45, 7) is 10.2. The Hall–Kier alpha value is -4.10. The number of pyridine rings is 1. The van der Waals surface area contributed by atoms with Crippen molar-refractivity contribution in [3.05, 3.63) is 83.3 Å². The lowest BCUT2D eigenvalue weighted by atomic mass is 9.87. The van der Waals surface area contributed by atoms with Gasteiger partial charge in [0, 0.05) is 22.4 Å². The molecule has 0 spiro atoms. The molecule has 1 atom stereocenters. The Morgan fingerprint density at radius 3 is 2.51 bits per heavy atom. The monoisotopic (exact) mass is 523 g/mol. The zero-order chi connectivity index (χ0) is 27.7. The van der Waals surface area contributed by atoms with Crippen LogP contribution in [0.25, 0.3) is 33.5 Å². The first-order chi connectivity index (χ1) is 18.6. The number of hydrogen-bond acceptors (Lipinski definition) is 6. The van der Waals surface area contributed by atoms with E-state index in [2.05, 4.69) is 22.3 Å². The fraction of sp³-hybridized carbons (Fsp3) is 0.312. The first-order valence-electron chi connectivity index (χ1n) is 13.2. The van der Waals surface area contributed by atoms with E-state index in [1.54, 1.807) is 12.4 Å². The van der Waals surface area contributed by atoms with Gasteiger partial charge in [-0.1, -0.05) is 24.3 Å². The molecule has 0 unspecified atom stereocenters. The van der Waals surface area contributed by atoms with Crippen molar-refractivity contribution in [3.8, 4) is 39.3 Å². The van der Waals surface area contributed by atoms with Gasteiger partial charge in [-0.25, -0.2) is 4.79 Å². The molecule has 5 rings (SSSR count). The molecule has 39 heavy (non-hydrogen) atoms. The lowest BCUT2D eigenvalue weighted by molar-refractivity contribution is -0.160. The molecule has 7 nitrogen and oxygen atoms in total. The molecule has 3 heterocycles. The molecular formula is C32H33N3O4. The molecule has 0 aliphatic carbocycles. The highest BCUT2D eigenvalue weighted by Gasteiger charge is 2.33. The van der Waals surface area contributed by atoms with Crippen LogP contribution >= 0.6 is 0 Å². The lowest BCUT2D eigenvalue weighted by Crippen LogP contribution is -2.28. The average Bonchev–Trinajstić information content (AvgIpc) is 2.92. The van der Waals surface area contributed by atoms with E-state index < -0.39 is 17.7 Å². The second-order valence-electron chi connectivity index (χ2n) is 10.9. The van der Waals surface area contributed by atoms with Gasteiger partial charge < -0.3 is 14.6 Å². The van der Waals surface area contributed by atoms with E-state index in [9.17, 15) is 9.90 Å². The molecule has 4 aromatic rings. The van der Waals surface area contributed by atoms with Gasteiger partial charge in [-0.2, -0.15) is 10.2 Å². The first-order valence-corrected chi connectivity index (χ1v) is 13.2. The van der Waals surface area contributed by atoms with E-state index in [0.717, 1.165) is 63.2 Å². The van der Waals surface area contributed by atoms with Crippen LogP contribution in [0.4, 0.5) is 0 Å². The van der Waals surface area contributed by atoms with Crippen molar-refractivity contribution in [2.45, 2.75) is 59.2 Å². The SMILES string of the molecule is Cc1nc(-c2cccc(-c3ccnnc3)c2)c(C)c(-c2ccc3c(c2)CCCO3)c1[C@H](OC(C)(C)C)C(=O)O. The molecule has 7 heteroatoms. The Labute approximate surface area is 228 Å². The Morgan fingerprint density at radius 2 is 1.79 bits per heavy atom. The van der Waals surface area contributed by atoms with Gasteiger partial charge in [-0.05, 0) is 99.5 Å². The summed E-state index contributed by atoms with van der Waals surface area (Å²) in [6.07, 6.45) is 4.09. The summed E-state index contributed by atoms with van der Waals surface area (Å²) in [5.74, 6) is -0.161. The van der Waals surface area contributed by atoms with Gasteiger partial charge in [0.2, 0.25) is 0 Å². The fourth-order valence-corrected chi connectivity index (χ4v) is 5.20. The van der Waals surface area contributed by atoms with Crippen LogP contribution in [0.1, 0.15) is 55.7 Å². The number of hydrogen-bond donors (Lipinski definition) is 1. The van der Waals surface area contributed by atoms with E-state index in [0.29, 0.717) is 17.9 Å². The second kappa shape index (κ2) is 10.6. The van der Waals surface area contributed by atoms with Crippen molar-refractivity contribution < 1.29 is 19.4 Å². The van der Waals surface area contributed by atoms with Crippen LogP contribution in [-0.4, -0.2) is 38.5 Å². The van der Waals surface area contributed by atoms with Gasteiger partial charge in [-0.15, -0.1) is 0 Å². The van der Waals surface area contributed by atoms with Crippen molar-refractivity contribution in [2.75, 3.05) is 6.61 Å². The third-order valence-electron chi connectivity index (χ3n) is 6.88. The molecular weight excluding hydrogens is 490 g/mol. The van der Waals surface area contributed by atoms with Crippen LogP contribution in [0, 0.1) is 13.8 Å². The first kappa shape index (κ1) is 26.5. The molecule has 0 amide bonds. The van der Waals surface area contributed by atoms with Crippen LogP contribution in [0.3, 0.4) is 0 Å². The van der Waals surface area contributed by atoms with Crippen molar-refractivity contribution >= 4 is 5.97 Å². The van der Waals surface area contributed by atoms with E-state index >= 15 is 0 Å². The van der Waals surface area contributed by atoms with Crippen LogP contribution in [0.15, 0.2) is 60.9 Å². The maximum Gasteiger partial charge on any atom is 0.337 e. The number of benzene rings is 2. The largest absolute Gasteiger partial charge is 0.493 e. The van der Waals surface area contributed by atoms with Gasteiger partial charge in [0.1, 0.15) is 5.75 Å². The molecule has 1 N–H and O–H groups in total. The number of carbonyl (C=O) groups is 1. The molecule has 1 aliphatic rings. The molecule has 2 aromatic carbocycles. The van der Waals surface area contributed by atoms with Crippen LogP contribution in [0.5, 0.6) is 5.75 Å². The van der Waals surface area contributed by atoms with Gasteiger partial charge in [0.15, 0.2) is 6.10 Å². The topological polar surface area (TPSA) is 94.4 Å². The molecule has 0 radical (unpaired) electrons. The van der Waals surface area contributed by atoms with Crippen LogP contribution in [0.2, 0.25) is 0 Å². The van der Waals surface area contributed by atoms with Crippen molar-refractivity contribution in [1.82, 2.24) is 15.2 Å². The highest BCUT2D eigenvalue weighted by Crippen LogP contribution is 2.42. The van der Waals surface area contributed by atoms with E-state index in [-0.39, 0.29) is 0 Å². The summed E-state index contributed by atoms with van der Waals surface area (Å²) in [4.78, 5) is 17.6. The van der Waals surface area contributed by atoms with Crippen molar-refractivity contribution in [3.63, 3.8) is 0 Å². The Kier molecular flexibility index (Phi) is 7.19. The van der Waals surface area contributed by atoms with Crippen LogP contribution < -0.4 is 4.74 Å². The molecule has 1 aliphatic heterocycles. The number of aryl methyl sites for hydroxylation is 2. The van der Waals surface area contributed by atoms with E-state index in [1.807, 2.05) is 71.0 Å². The number of carboxylic acid groups (broad SMARTS) is 1. The second-order valence-corrected chi connectivity index (χ2v) is 10.9. The molecule has 0 bridgehead atoms. The predicted molar refractivity (Wildman–Crippen MR) is 151 cm³/mol. The number of carboxylic acids is 1. The zero-order valence-electron chi connectivity index (χ0n) is 23.0. The number of fused-ring (bicyclic) bond motifs is 1. The number of aliphatic carboxylic acids is 1. The third kappa shape index (κ3) is 5.54. The average molecular weight is 524 g/mol. The van der Waals surface area contributed by atoms with Gasteiger partial charge in [-0.3, -0.25) is 4.98 Å². The normalized spacial score (nSPS) is 13.9. The van der Waals surface area contributed by atoms with Crippen molar-refractivity contribution in [2.24, 2.45) is 0 Å². The Balaban J connectivity index is 1.75. The molecule has 2 aromatic heterocycles. The predicted octanol–water partition coefficient (Wildman–Crippen LogP) is 6.76. The Bertz CT molecular complexity index is 1530. The van der Waals surface area contributed by atoms with E-state index in [4.69, 9.17) is 14.5 Å². The summed E-state index contributed by atoms with van der Waals surface area (Å²) >= 11 is 0. The fourth-order valence-electron chi connectivity index (χ4n) is 5.20. The molecule has 0 saturated heterocycles. The third-order valence-corrected chi connectivity index (χ3v) is 6.88. The minimum absolute atomic E-state index is 0.574. The highest BCUT2D eigenvalue weighted by atomic mass is 16.5. The maximum atomic E-state index is 12.6. The van der Waals surface area contributed by atoms with Gasteiger partial charge in [0.25, 0.3) is 0 Å².